The Hall–Kier alpha value is -0.393. The van der Waals surface area contributed by atoms with Gasteiger partial charge in [-0.25, -0.2) is 4.79 Å². The first-order chi connectivity index (χ1) is 9.57. The van der Waals surface area contributed by atoms with E-state index in [1.54, 1.807) is 0 Å². The lowest BCUT2D eigenvalue weighted by molar-refractivity contribution is -0.147. The number of carbonyl (C=O) groups excluding carboxylic acids is 1. The zero-order valence-corrected chi connectivity index (χ0v) is 15.0. The molecule has 0 atom stereocenters. The minimum absolute atomic E-state index is 0.0862. The molecule has 0 spiro atoms. The maximum Gasteiger partial charge on any atom is 0.331 e. The average Bonchev–Trinajstić information content (AvgIpc) is 2.49. The summed E-state index contributed by atoms with van der Waals surface area (Å²) >= 11 is 0. The van der Waals surface area contributed by atoms with E-state index < -0.39 is 8.07 Å². The van der Waals surface area contributed by atoms with Gasteiger partial charge in [-0.3, -0.25) is 0 Å². The normalized spacial score (nSPS) is 11.9. The van der Waals surface area contributed by atoms with Crippen molar-refractivity contribution in [3.05, 3.63) is 0 Å². The van der Waals surface area contributed by atoms with Crippen LogP contribution in [0.1, 0.15) is 34.6 Å². The average molecular weight is 304 g/mol. The molecular formula is C15H33NO3Si. The Labute approximate surface area is 125 Å². The van der Waals surface area contributed by atoms with Gasteiger partial charge < -0.3 is 14.4 Å². The Kier molecular flexibility index (Phi) is 11.1. The van der Waals surface area contributed by atoms with Crippen LogP contribution >= 0.6 is 0 Å². The quantitative estimate of drug-likeness (QED) is 0.316. The van der Waals surface area contributed by atoms with Crippen molar-refractivity contribution < 1.29 is 14.3 Å². The molecule has 0 aliphatic carbocycles. The molecule has 120 valence electrons. The summed E-state index contributed by atoms with van der Waals surface area (Å²) < 4.78 is 10.8. The molecule has 0 amide bonds. The standard InChI is InChI=1S/C15H33NO3Si/c1-6-16(7-2)11-12-18-13-15(17)19-14-20(8-3,9-4)10-5/h6-14H2,1-5H3. The topological polar surface area (TPSA) is 38.8 Å². The molecule has 0 bridgehead atoms. The predicted molar refractivity (Wildman–Crippen MR) is 86.8 cm³/mol. The molecule has 0 aromatic rings. The molecule has 0 N–H and O–H groups in total. The Morgan fingerprint density at radius 3 is 2.00 bits per heavy atom. The predicted octanol–water partition coefficient (Wildman–Crippen LogP) is 2.94. The van der Waals surface area contributed by atoms with Crippen molar-refractivity contribution in [2.45, 2.75) is 52.8 Å². The van der Waals surface area contributed by atoms with Crippen LogP contribution in [-0.2, 0) is 14.3 Å². The van der Waals surface area contributed by atoms with Crippen LogP contribution in [0.5, 0.6) is 0 Å². The smallest absolute Gasteiger partial charge is 0.331 e. The van der Waals surface area contributed by atoms with Crippen molar-refractivity contribution in [2.24, 2.45) is 0 Å². The Balaban J connectivity index is 3.84. The second kappa shape index (κ2) is 11.3. The molecule has 0 radical (unpaired) electrons. The highest BCUT2D eigenvalue weighted by atomic mass is 28.3. The fourth-order valence-corrected chi connectivity index (χ4v) is 4.80. The van der Waals surface area contributed by atoms with Gasteiger partial charge in [-0.1, -0.05) is 52.8 Å². The zero-order valence-electron chi connectivity index (χ0n) is 14.0. The van der Waals surface area contributed by atoms with Crippen molar-refractivity contribution in [3.8, 4) is 0 Å². The molecule has 20 heavy (non-hydrogen) atoms. The second-order valence-electron chi connectivity index (χ2n) is 5.30. The molecule has 0 saturated carbocycles. The highest BCUT2D eigenvalue weighted by molar-refractivity contribution is 6.79. The van der Waals surface area contributed by atoms with Gasteiger partial charge in [0.2, 0.25) is 0 Å². The number of nitrogens with zero attached hydrogens (tertiary/aromatic N) is 1. The number of ether oxygens (including phenoxy) is 2. The van der Waals surface area contributed by atoms with Gasteiger partial charge in [0.05, 0.1) is 20.9 Å². The van der Waals surface area contributed by atoms with E-state index in [0.29, 0.717) is 12.8 Å². The molecule has 0 aromatic heterocycles. The van der Waals surface area contributed by atoms with E-state index >= 15 is 0 Å². The van der Waals surface area contributed by atoms with Gasteiger partial charge in [0.25, 0.3) is 0 Å². The summed E-state index contributed by atoms with van der Waals surface area (Å²) in [6, 6.07) is 3.53. The minimum Gasteiger partial charge on any atom is -0.468 e. The van der Waals surface area contributed by atoms with Gasteiger partial charge in [0, 0.05) is 6.54 Å². The zero-order chi connectivity index (χ0) is 15.4. The van der Waals surface area contributed by atoms with Crippen LogP contribution < -0.4 is 0 Å². The second-order valence-corrected chi connectivity index (χ2v) is 10.7. The van der Waals surface area contributed by atoms with Gasteiger partial charge in [-0.2, -0.15) is 0 Å². The summed E-state index contributed by atoms with van der Waals surface area (Å²) in [5.74, 6) is -0.211. The van der Waals surface area contributed by atoms with Crippen LogP contribution in [0.4, 0.5) is 0 Å². The molecule has 0 aliphatic rings. The third-order valence-corrected chi connectivity index (χ3v) is 9.71. The molecular weight excluding hydrogens is 270 g/mol. The highest BCUT2D eigenvalue weighted by Gasteiger charge is 2.28. The van der Waals surface area contributed by atoms with Crippen molar-refractivity contribution in [1.29, 1.82) is 0 Å². The van der Waals surface area contributed by atoms with E-state index in [-0.39, 0.29) is 12.6 Å². The van der Waals surface area contributed by atoms with Gasteiger partial charge in [0.15, 0.2) is 0 Å². The number of likely N-dealkylation sites (N-methyl/N-ethyl adjacent to an activating group) is 1. The molecule has 0 aliphatic heterocycles. The van der Waals surface area contributed by atoms with E-state index in [2.05, 4.69) is 39.5 Å². The van der Waals surface area contributed by atoms with E-state index in [0.717, 1.165) is 19.6 Å². The lowest BCUT2D eigenvalue weighted by atomic mass is 10.5. The first-order valence-corrected chi connectivity index (χ1v) is 10.9. The van der Waals surface area contributed by atoms with Gasteiger partial charge >= 0.3 is 5.97 Å². The van der Waals surface area contributed by atoms with Crippen LogP contribution in [0.3, 0.4) is 0 Å². The molecule has 5 heteroatoms. The molecule has 0 heterocycles. The molecule has 4 nitrogen and oxygen atoms in total. The third-order valence-electron chi connectivity index (χ3n) is 4.46. The summed E-state index contributed by atoms with van der Waals surface area (Å²) in [4.78, 5) is 14.0. The van der Waals surface area contributed by atoms with Crippen LogP contribution in [0.2, 0.25) is 18.1 Å². The molecule has 0 unspecified atom stereocenters. The van der Waals surface area contributed by atoms with Crippen molar-refractivity contribution in [3.63, 3.8) is 0 Å². The number of hydrogen-bond acceptors (Lipinski definition) is 4. The highest BCUT2D eigenvalue weighted by Crippen LogP contribution is 2.20. The Bertz CT molecular complexity index is 245. The summed E-state index contributed by atoms with van der Waals surface area (Å²) in [6.07, 6.45) is 0.648. The largest absolute Gasteiger partial charge is 0.468 e. The van der Waals surface area contributed by atoms with Crippen LogP contribution in [0.15, 0.2) is 0 Å². The molecule has 0 fully saturated rings. The number of esters is 1. The number of rotatable bonds is 12. The van der Waals surface area contributed by atoms with Crippen LogP contribution in [-0.4, -0.2) is 58.0 Å². The van der Waals surface area contributed by atoms with Crippen LogP contribution in [0.25, 0.3) is 0 Å². The monoisotopic (exact) mass is 303 g/mol. The lowest BCUT2D eigenvalue weighted by Crippen LogP contribution is -2.39. The third kappa shape index (κ3) is 7.41. The summed E-state index contributed by atoms with van der Waals surface area (Å²) in [5.41, 5.74) is 0. The fourth-order valence-electron chi connectivity index (χ4n) is 2.22. The fraction of sp³-hybridized carbons (Fsp3) is 0.933. The van der Waals surface area contributed by atoms with Gasteiger partial charge in [0.1, 0.15) is 6.61 Å². The van der Waals surface area contributed by atoms with E-state index in [1.165, 1.54) is 18.1 Å². The Morgan fingerprint density at radius 1 is 1.00 bits per heavy atom. The maximum absolute atomic E-state index is 11.7. The van der Waals surface area contributed by atoms with Crippen LogP contribution in [0, 0.1) is 0 Å². The number of carbonyl (C=O) groups is 1. The van der Waals surface area contributed by atoms with E-state index in [1.807, 2.05) is 0 Å². The van der Waals surface area contributed by atoms with Crippen molar-refractivity contribution >= 4 is 14.0 Å². The Morgan fingerprint density at radius 2 is 1.55 bits per heavy atom. The first-order valence-electron chi connectivity index (χ1n) is 8.03. The van der Waals surface area contributed by atoms with E-state index in [9.17, 15) is 4.79 Å². The summed E-state index contributed by atoms with van der Waals surface area (Å²) in [7, 11) is -1.36. The molecule has 0 saturated heterocycles. The van der Waals surface area contributed by atoms with Crippen molar-refractivity contribution in [1.82, 2.24) is 4.90 Å². The SMILES string of the molecule is CCN(CC)CCOCC(=O)OC[Si](CC)(CC)CC. The number of hydrogen-bond donors (Lipinski definition) is 0. The van der Waals surface area contributed by atoms with Gasteiger partial charge in [-0.15, -0.1) is 0 Å². The summed E-state index contributed by atoms with van der Waals surface area (Å²) in [6.45, 7) is 14.5. The first kappa shape index (κ1) is 19.6. The lowest BCUT2D eigenvalue weighted by Gasteiger charge is -2.27. The molecule has 0 aromatic carbocycles. The molecule has 0 rings (SSSR count). The summed E-state index contributed by atoms with van der Waals surface area (Å²) in [5, 5.41) is 0. The maximum atomic E-state index is 11.7. The van der Waals surface area contributed by atoms with Gasteiger partial charge in [-0.05, 0) is 13.1 Å². The van der Waals surface area contributed by atoms with E-state index in [4.69, 9.17) is 9.47 Å². The minimum atomic E-state index is -1.36. The van der Waals surface area contributed by atoms with Crippen molar-refractivity contribution in [2.75, 3.05) is 39.1 Å².